The molecule has 0 aliphatic heterocycles. The first-order valence-corrected chi connectivity index (χ1v) is 7.35. The summed E-state index contributed by atoms with van der Waals surface area (Å²) >= 11 is 0. The van der Waals surface area contributed by atoms with Crippen molar-refractivity contribution in [2.75, 3.05) is 0 Å². The summed E-state index contributed by atoms with van der Waals surface area (Å²) in [4.78, 5) is 0. The smallest absolute Gasteiger partial charge is 0.329 e. The Bertz CT molecular complexity index is 968. The summed E-state index contributed by atoms with van der Waals surface area (Å²) in [6, 6.07) is 3.22. The van der Waals surface area contributed by atoms with Crippen LogP contribution >= 0.6 is 0 Å². The van der Waals surface area contributed by atoms with Crippen molar-refractivity contribution < 1.29 is 31.3 Å². The van der Waals surface area contributed by atoms with E-state index in [1.807, 2.05) is 22.8 Å². The number of benzene rings is 1. The molecule has 0 saturated heterocycles. The van der Waals surface area contributed by atoms with Gasteiger partial charge in [-0.25, -0.2) is 26.5 Å². The van der Waals surface area contributed by atoms with Crippen LogP contribution in [0.5, 0.6) is 5.75 Å². The predicted molar refractivity (Wildman–Crippen MR) is 78.6 cm³/mol. The zero-order valence-corrected chi connectivity index (χ0v) is 13.6. The van der Waals surface area contributed by atoms with Gasteiger partial charge in [-0.1, -0.05) is 0 Å². The molecular weight excluding hydrogens is 343 g/mol. The fraction of sp³-hybridized carbons (Fsp3) is 0.235. The van der Waals surface area contributed by atoms with E-state index in [9.17, 15) is 22.0 Å². The van der Waals surface area contributed by atoms with E-state index in [-0.39, 0.29) is 5.75 Å². The van der Waals surface area contributed by atoms with Gasteiger partial charge in [-0.3, -0.25) is 0 Å². The zero-order chi connectivity index (χ0) is 18.5. The third kappa shape index (κ3) is 2.52. The molecule has 0 unspecified atom stereocenters. The summed E-state index contributed by atoms with van der Waals surface area (Å²) in [7, 11) is 1.78. The summed E-state index contributed by atoms with van der Waals surface area (Å²) in [5, 5.41) is 0. The number of ether oxygens (including phenoxy) is 1. The van der Waals surface area contributed by atoms with Crippen LogP contribution in [0.4, 0.5) is 22.0 Å². The lowest BCUT2D eigenvalue weighted by Gasteiger charge is -2.09. The van der Waals surface area contributed by atoms with Gasteiger partial charge in [0.15, 0.2) is 23.3 Å². The van der Waals surface area contributed by atoms with Crippen LogP contribution in [0, 0.1) is 42.9 Å². The van der Waals surface area contributed by atoms with Gasteiger partial charge in [0.25, 0.3) is 0 Å². The van der Waals surface area contributed by atoms with Gasteiger partial charge in [-0.2, -0.15) is 4.40 Å². The van der Waals surface area contributed by atoms with Crippen LogP contribution < -0.4 is 9.30 Å². The second-order valence-corrected chi connectivity index (χ2v) is 5.63. The maximum absolute atomic E-state index is 13.8. The summed E-state index contributed by atoms with van der Waals surface area (Å²) in [6.45, 7) is 2.97. The van der Waals surface area contributed by atoms with Crippen LogP contribution in [0.2, 0.25) is 0 Å². The third-order valence-corrected chi connectivity index (χ3v) is 4.31. The molecule has 0 atom stereocenters. The standard InChI is InChI=1S/C17H14F5N2O/c1-8-9(2)24-6-4-5-11(17(24)23(8)3)25-7-10-12(18)14(20)16(22)15(21)13(10)19/h4-6H,7H2,1-3H3/q+1. The van der Waals surface area contributed by atoms with E-state index >= 15 is 0 Å². The average molecular weight is 357 g/mol. The summed E-state index contributed by atoms with van der Waals surface area (Å²) in [5.41, 5.74) is 1.45. The highest BCUT2D eigenvalue weighted by atomic mass is 19.2. The summed E-state index contributed by atoms with van der Waals surface area (Å²) in [5.74, 6) is -9.70. The number of imidazole rings is 1. The van der Waals surface area contributed by atoms with Crippen LogP contribution in [-0.2, 0) is 13.7 Å². The largest absolute Gasteiger partial charge is 0.481 e. The second-order valence-electron chi connectivity index (χ2n) is 5.63. The molecule has 0 bridgehead atoms. The van der Waals surface area contributed by atoms with Crippen LogP contribution in [0.15, 0.2) is 18.3 Å². The molecule has 0 N–H and O–H groups in total. The van der Waals surface area contributed by atoms with Gasteiger partial charge >= 0.3 is 5.65 Å². The molecule has 0 aliphatic carbocycles. The minimum atomic E-state index is -2.19. The molecule has 0 aliphatic rings. The Morgan fingerprint density at radius 3 is 2.12 bits per heavy atom. The Hall–Kier alpha value is -2.64. The van der Waals surface area contributed by atoms with Crippen molar-refractivity contribution >= 4 is 5.65 Å². The molecule has 0 amide bonds. The Morgan fingerprint density at radius 1 is 0.960 bits per heavy atom. The number of rotatable bonds is 3. The van der Waals surface area contributed by atoms with Crippen LogP contribution in [0.25, 0.3) is 5.65 Å². The monoisotopic (exact) mass is 357 g/mol. The van der Waals surface area contributed by atoms with Crippen molar-refractivity contribution in [3.8, 4) is 5.75 Å². The molecule has 0 saturated carbocycles. The molecule has 1 aromatic carbocycles. The van der Waals surface area contributed by atoms with E-state index in [0.717, 1.165) is 11.4 Å². The first-order chi connectivity index (χ1) is 11.8. The molecule has 0 radical (unpaired) electrons. The number of fused-ring (bicyclic) bond motifs is 1. The minimum absolute atomic E-state index is 0.255. The second kappa shape index (κ2) is 6.02. The number of hydrogen-bond donors (Lipinski definition) is 0. The fourth-order valence-electron chi connectivity index (χ4n) is 2.69. The van der Waals surface area contributed by atoms with Crippen LogP contribution in [0.1, 0.15) is 17.0 Å². The Balaban J connectivity index is 2.04. The maximum atomic E-state index is 13.8. The van der Waals surface area contributed by atoms with Gasteiger partial charge in [-0.15, -0.1) is 0 Å². The Morgan fingerprint density at radius 2 is 1.52 bits per heavy atom. The summed E-state index contributed by atoms with van der Waals surface area (Å²) < 4.78 is 76.2. The van der Waals surface area contributed by atoms with Crippen molar-refractivity contribution in [3.63, 3.8) is 0 Å². The molecular formula is C17H14F5N2O+. The third-order valence-electron chi connectivity index (χ3n) is 4.31. The molecule has 2 heterocycles. The van der Waals surface area contributed by atoms with Gasteiger partial charge < -0.3 is 4.74 Å². The minimum Gasteiger partial charge on any atom is -0.481 e. The number of aromatic nitrogens is 2. The Kier molecular flexibility index (Phi) is 4.14. The lowest BCUT2D eigenvalue weighted by Crippen LogP contribution is -2.30. The number of aryl methyl sites for hydroxylation is 2. The first kappa shape index (κ1) is 17.2. The van der Waals surface area contributed by atoms with Gasteiger partial charge in [0, 0.05) is 13.8 Å². The lowest BCUT2D eigenvalue weighted by atomic mass is 10.2. The van der Waals surface area contributed by atoms with E-state index in [4.69, 9.17) is 4.74 Å². The first-order valence-electron chi connectivity index (χ1n) is 7.35. The van der Waals surface area contributed by atoms with Gasteiger partial charge in [0.1, 0.15) is 18.0 Å². The van der Waals surface area contributed by atoms with E-state index in [1.54, 1.807) is 25.4 Å². The highest BCUT2D eigenvalue weighted by molar-refractivity contribution is 5.51. The Labute approximate surface area is 139 Å². The van der Waals surface area contributed by atoms with E-state index < -0.39 is 41.3 Å². The number of halogens is 5. The fourth-order valence-corrected chi connectivity index (χ4v) is 2.69. The molecule has 3 nitrogen and oxygen atoms in total. The van der Waals surface area contributed by atoms with Crippen LogP contribution in [0.3, 0.4) is 0 Å². The number of pyridine rings is 1. The van der Waals surface area contributed by atoms with Gasteiger partial charge in [-0.05, 0) is 12.1 Å². The highest BCUT2D eigenvalue weighted by Gasteiger charge is 2.27. The lowest BCUT2D eigenvalue weighted by molar-refractivity contribution is -0.651. The molecule has 3 rings (SSSR count). The van der Waals surface area contributed by atoms with Crippen molar-refractivity contribution in [1.82, 2.24) is 4.40 Å². The molecule has 3 aromatic rings. The molecule has 0 fully saturated rings. The van der Waals surface area contributed by atoms with E-state index in [1.165, 1.54) is 0 Å². The zero-order valence-electron chi connectivity index (χ0n) is 13.6. The highest BCUT2D eigenvalue weighted by Crippen LogP contribution is 2.26. The van der Waals surface area contributed by atoms with Crippen molar-refractivity contribution in [2.45, 2.75) is 20.5 Å². The van der Waals surface area contributed by atoms with Crippen molar-refractivity contribution in [2.24, 2.45) is 7.05 Å². The van der Waals surface area contributed by atoms with Gasteiger partial charge in [0.2, 0.25) is 11.6 Å². The molecule has 8 heteroatoms. The maximum Gasteiger partial charge on any atom is 0.329 e. The van der Waals surface area contributed by atoms with Crippen molar-refractivity contribution in [1.29, 1.82) is 0 Å². The SMILES string of the molecule is Cc1c(C)[n+](C)c2c(OCc3c(F)c(F)c(F)c(F)c3F)cccn12. The predicted octanol–water partition coefficient (Wildman–Crippen LogP) is 3.66. The van der Waals surface area contributed by atoms with E-state index in [2.05, 4.69) is 0 Å². The van der Waals surface area contributed by atoms with Crippen LogP contribution in [-0.4, -0.2) is 4.40 Å². The van der Waals surface area contributed by atoms with Gasteiger partial charge in [0.05, 0.1) is 18.8 Å². The summed E-state index contributed by atoms with van der Waals surface area (Å²) in [6.07, 6.45) is 1.78. The number of hydrogen-bond acceptors (Lipinski definition) is 1. The molecule has 2 aromatic heterocycles. The average Bonchev–Trinajstić information content (AvgIpc) is 2.83. The molecule has 0 spiro atoms. The quantitative estimate of drug-likeness (QED) is 0.303. The molecule has 25 heavy (non-hydrogen) atoms. The van der Waals surface area contributed by atoms with Crippen molar-refractivity contribution in [3.05, 3.63) is 64.4 Å². The normalized spacial score (nSPS) is 11.4. The topological polar surface area (TPSA) is 17.5 Å². The number of nitrogens with zero attached hydrogens (tertiary/aromatic N) is 2. The van der Waals surface area contributed by atoms with E-state index in [0.29, 0.717) is 5.65 Å². The molecule has 132 valence electrons.